The Morgan fingerprint density at radius 1 is 1.12 bits per heavy atom. The lowest BCUT2D eigenvalue weighted by Crippen LogP contribution is -2.34. The monoisotopic (exact) mass is 581 g/mol. The molecule has 3 heterocycles. The zero-order chi connectivity index (χ0) is 29.4. The Balaban J connectivity index is 1.25. The van der Waals surface area contributed by atoms with Crippen molar-refractivity contribution in [1.82, 2.24) is 14.5 Å². The molecule has 0 spiro atoms. The molecule has 0 unspecified atom stereocenters. The highest BCUT2D eigenvalue weighted by molar-refractivity contribution is 5.92. The third kappa shape index (κ3) is 5.79. The van der Waals surface area contributed by atoms with Gasteiger partial charge in [0.2, 0.25) is 0 Å². The Labute approximate surface area is 240 Å². The van der Waals surface area contributed by atoms with Gasteiger partial charge in [0, 0.05) is 19.7 Å². The molecule has 4 aromatic rings. The minimum Gasteiger partial charge on any atom is -0.497 e. The van der Waals surface area contributed by atoms with E-state index in [0.29, 0.717) is 56.0 Å². The highest BCUT2D eigenvalue weighted by Gasteiger charge is 2.36. The molecular formula is C31H30F3N3O5. The lowest BCUT2D eigenvalue weighted by atomic mass is 9.96. The van der Waals surface area contributed by atoms with Crippen molar-refractivity contribution in [2.24, 2.45) is 0 Å². The Morgan fingerprint density at radius 2 is 1.90 bits per heavy atom. The number of alkyl halides is 3. The molecule has 1 atom stereocenters. The number of carboxylic acids is 1. The number of halogens is 3. The quantitative estimate of drug-likeness (QED) is 0.272. The Morgan fingerprint density at radius 3 is 2.57 bits per heavy atom. The van der Waals surface area contributed by atoms with Crippen LogP contribution in [0.3, 0.4) is 0 Å². The number of aromatic carboxylic acids is 1. The molecule has 0 radical (unpaired) electrons. The van der Waals surface area contributed by atoms with Crippen molar-refractivity contribution in [3.63, 3.8) is 0 Å². The highest BCUT2D eigenvalue weighted by atomic mass is 19.4. The molecule has 0 aliphatic carbocycles. The number of aromatic nitrogens is 2. The van der Waals surface area contributed by atoms with Crippen molar-refractivity contribution in [1.29, 1.82) is 0 Å². The first-order valence-corrected chi connectivity index (χ1v) is 13.7. The second kappa shape index (κ2) is 11.3. The number of hydrogen-bond donors (Lipinski definition) is 1. The number of nitrogens with zero attached hydrogens (tertiary/aromatic N) is 3. The van der Waals surface area contributed by atoms with Crippen LogP contribution in [0.15, 0.2) is 54.6 Å². The maximum absolute atomic E-state index is 14.0. The number of imidazole rings is 1. The van der Waals surface area contributed by atoms with Gasteiger partial charge in [0.25, 0.3) is 0 Å². The van der Waals surface area contributed by atoms with Gasteiger partial charge in [0.05, 0.1) is 48.5 Å². The van der Waals surface area contributed by atoms with Crippen LogP contribution >= 0.6 is 0 Å². The van der Waals surface area contributed by atoms with Crippen molar-refractivity contribution in [2.75, 3.05) is 20.3 Å². The molecule has 3 aromatic carbocycles. The maximum atomic E-state index is 14.0. The number of fused-ring (bicyclic) bond motifs is 2. The molecule has 1 saturated heterocycles. The van der Waals surface area contributed by atoms with E-state index in [1.165, 1.54) is 18.2 Å². The van der Waals surface area contributed by atoms with Crippen molar-refractivity contribution in [2.45, 2.75) is 51.4 Å². The fourth-order valence-corrected chi connectivity index (χ4v) is 5.47. The molecule has 0 bridgehead atoms. The summed E-state index contributed by atoms with van der Waals surface area (Å²) in [5, 5.41) is 9.50. The average molecular weight is 582 g/mol. The van der Waals surface area contributed by atoms with Gasteiger partial charge in [-0.2, -0.15) is 13.2 Å². The summed E-state index contributed by atoms with van der Waals surface area (Å²) in [5.41, 5.74) is 2.97. The minimum absolute atomic E-state index is 0.0127. The van der Waals surface area contributed by atoms with Crippen LogP contribution in [-0.4, -0.2) is 51.9 Å². The number of hydrogen-bond acceptors (Lipinski definition) is 6. The normalized spacial score (nSPS) is 17.1. The molecule has 0 saturated carbocycles. The zero-order valence-corrected chi connectivity index (χ0v) is 23.0. The van der Waals surface area contributed by atoms with Crippen LogP contribution in [0.1, 0.15) is 44.9 Å². The van der Waals surface area contributed by atoms with Crippen LogP contribution < -0.4 is 9.47 Å². The van der Waals surface area contributed by atoms with E-state index in [1.807, 2.05) is 4.57 Å². The number of carbonyl (C=O) groups is 1. The van der Waals surface area contributed by atoms with Gasteiger partial charge in [-0.3, -0.25) is 4.90 Å². The zero-order valence-electron chi connectivity index (χ0n) is 23.0. The summed E-state index contributed by atoms with van der Waals surface area (Å²) in [4.78, 5) is 18.5. The first-order chi connectivity index (χ1) is 20.2. The van der Waals surface area contributed by atoms with Crippen molar-refractivity contribution in [3.8, 4) is 11.5 Å². The summed E-state index contributed by atoms with van der Waals surface area (Å²) in [6.07, 6.45) is -3.16. The summed E-state index contributed by atoms with van der Waals surface area (Å²) in [7, 11) is 1.55. The number of rotatable bonds is 9. The predicted octanol–water partition coefficient (Wildman–Crippen LogP) is 5.69. The summed E-state index contributed by atoms with van der Waals surface area (Å²) >= 11 is 0. The van der Waals surface area contributed by atoms with Crippen LogP contribution in [0.4, 0.5) is 13.2 Å². The van der Waals surface area contributed by atoms with E-state index in [2.05, 4.69) is 4.90 Å². The van der Waals surface area contributed by atoms with Gasteiger partial charge in [-0.05, 0) is 72.0 Å². The van der Waals surface area contributed by atoms with Crippen molar-refractivity contribution < 1.29 is 37.3 Å². The number of ether oxygens (including phenoxy) is 3. The molecular weight excluding hydrogens is 551 g/mol. The second-order valence-electron chi connectivity index (χ2n) is 10.6. The van der Waals surface area contributed by atoms with Crippen LogP contribution in [0, 0.1) is 0 Å². The van der Waals surface area contributed by atoms with E-state index in [9.17, 15) is 23.1 Å². The number of methoxy groups -OCH3 is 1. The fraction of sp³-hybridized carbons (Fsp3) is 0.355. The average Bonchev–Trinajstić information content (AvgIpc) is 3.28. The van der Waals surface area contributed by atoms with E-state index < -0.39 is 17.7 Å². The van der Waals surface area contributed by atoms with Gasteiger partial charge >= 0.3 is 12.1 Å². The highest BCUT2D eigenvalue weighted by Crippen LogP contribution is 2.40. The van der Waals surface area contributed by atoms with Crippen LogP contribution in [-0.2, 0) is 43.6 Å². The van der Waals surface area contributed by atoms with Gasteiger partial charge < -0.3 is 23.9 Å². The summed E-state index contributed by atoms with van der Waals surface area (Å²) in [5.74, 6) is 0.200. The molecule has 0 amide bonds. The van der Waals surface area contributed by atoms with Gasteiger partial charge in [-0.1, -0.05) is 12.1 Å². The van der Waals surface area contributed by atoms with Crippen LogP contribution in [0.2, 0.25) is 0 Å². The smallest absolute Gasteiger partial charge is 0.419 e. The molecule has 220 valence electrons. The Hall–Kier alpha value is -4.09. The summed E-state index contributed by atoms with van der Waals surface area (Å²) < 4.78 is 60.6. The Kier molecular flexibility index (Phi) is 7.54. The van der Waals surface area contributed by atoms with Crippen molar-refractivity contribution in [3.05, 3.63) is 88.2 Å². The topological polar surface area (TPSA) is 86.0 Å². The molecule has 1 N–H and O–H groups in total. The molecule has 1 fully saturated rings. The van der Waals surface area contributed by atoms with Crippen LogP contribution in [0.25, 0.3) is 11.0 Å². The molecule has 8 nitrogen and oxygen atoms in total. The standard InChI is InChI=1S/C31H30F3N3O5/c1-40-23-5-2-19(3-6-23)18-42-28-14-22-15-36(10-8-20(22)12-25(28)31(32,33)34)17-29-35-26-7-4-21(30(38)39)13-27(26)37(29)16-24-9-11-41-24/h2-7,12-14,24H,8-11,15-18H2,1H3,(H,38,39)/t24-/m0/s1. The van der Waals surface area contributed by atoms with E-state index in [1.54, 1.807) is 43.5 Å². The summed E-state index contributed by atoms with van der Waals surface area (Å²) in [6, 6.07) is 14.6. The second-order valence-corrected chi connectivity index (χ2v) is 10.6. The van der Waals surface area contributed by atoms with E-state index in [0.717, 1.165) is 28.9 Å². The van der Waals surface area contributed by atoms with Gasteiger partial charge in [-0.25, -0.2) is 9.78 Å². The van der Waals surface area contributed by atoms with Gasteiger partial charge in [-0.15, -0.1) is 0 Å². The lowest BCUT2D eigenvalue weighted by molar-refractivity contribution is -0.139. The van der Waals surface area contributed by atoms with Gasteiger partial charge in [0.1, 0.15) is 23.9 Å². The van der Waals surface area contributed by atoms with Crippen LogP contribution in [0.5, 0.6) is 11.5 Å². The SMILES string of the molecule is COc1ccc(COc2cc3c(cc2C(F)(F)F)CCN(Cc2nc4ccc(C(=O)O)cc4n2C[C@@H]2CCO2)C3)cc1. The molecule has 2 aliphatic rings. The molecule has 11 heteroatoms. The molecule has 42 heavy (non-hydrogen) atoms. The third-order valence-corrected chi connectivity index (χ3v) is 7.87. The predicted molar refractivity (Wildman–Crippen MR) is 148 cm³/mol. The fourth-order valence-electron chi connectivity index (χ4n) is 5.47. The largest absolute Gasteiger partial charge is 0.497 e. The maximum Gasteiger partial charge on any atom is 0.419 e. The Bertz CT molecular complexity index is 1610. The minimum atomic E-state index is -4.55. The third-order valence-electron chi connectivity index (χ3n) is 7.87. The molecule has 1 aromatic heterocycles. The summed E-state index contributed by atoms with van der Waals surface area (Å²) in [6.45, 7) is 2.67. The van der Waals surface area contributed by atoms with E-state index >= 15 is 0 Å². The number of carboxylic acid groups (broad SMARTS) is 1. The van der Waals surface area contributed by atoms with Crippen molar-refractivity contribution >= 4 is 17.0 Å². The molecule has 6 rings (SSSR count). The first-order valence-electron chi connectivity index (χ1n) is 13.7. The van der Waals surface area contributed by atoms with E-state index in [-0.39, 0.29) is 24.0 Å². The van der Waals surface area contributed by atoms with Gasteiger partial charge in [0.15, 0.2) is 0 Å². The molecule has 2 aliphatic heterocycles. The van der Waals surface area contributed by atoms with E-state index in [4.69, 9.17) is 19.2 Å². The number of benzene rings is 3. The lowest BCUT2D eigenvalue weighted by Gasteiger charge is -2.31. The first kappa shape index (κ1) is 28.0.